The molecular formula is C24H28ClNO4. The molecule has 0 unspecified atom stereocenters. The summed E-state index contributed by atoms with van der Waals surface area (Å²) in [6.45, 7) is 4.15. The largest absolute Gasteiger partial charge is 0.490 e. The molecule has 6 heteroatoms. The highest BCUT2D eigenvalue weighted by atomic mass is 35.5. The van der Waals surface area contributed by atoms with Crippen LogP contribution in [0.25, 0.3) is 0 Å². The fourth-order valence-electron chi connectivity index (χ4n) is 3.69. The smallest absolute Gasteiger partial charge is 0.337 e. The Morgan fingerprint density at radius 2 is 1.73 bits per heavy atom. The van der Waals surface area contributed by atoms with Crippen LogP contribution in [0, 0.1) is 5.92 Å². The molecule has 5 nitrogen and oxygen atoms in total. The molecule has 0 aromatic heterocycles. The summed E-state index contributed by atoms with van der Waals surface area (Å²) in [7, 11) is 1.34. The van der Waals surface area contributed by atoms with Crippen LogP contribution in [0.3, 0.4) is 0 Å². The molecule has 0 radical (unpaired) electrons. The molecule has 3 rings (SSSR count). The number of methoxy groups -OCH3 is 1. The topological polar surface area (TPSA) is 64.6 Å². The second kappa shape index (κ2) is 9.98. The van der Waals surface area contributed by atoms with Crippen LogP contribution < -0.4 is 10.1 Å². The van der Waals surface area contributed by atoms with Gasteiger partial charge in [-0.25, -0.2) is 4.79 Å². The van der Waals surface area contributed by atoms with E-state index in [0.717, 1.165) is 37.2 Å². The number of amides is 1. The van der Waals surface area contributed by atoms with Crippen LogP contribution in [0.5, 0.6) is 5.75 Å². The molecule has 1 fully saturated rings. The first-order chi connectivity index (χ1) is 14.4. The molecule has 1 aliphatic carbocycles. The van der Waals surface area contributed by atoms with Crippen molar-refractivity contribution in [1.82, 2.24) is 5.32 Å². The minimum atomic E-state index is -0.393. The fraction of sp³-hybridized carbons (Fsp3) is 0.417. The van der Waals surface area contributed by atoms with E-state index in [0.29, 0.717) is 21.9 Å². The van der Waals surface area contributed by atoms with Crippen molar-refractivity contribution in [3.63, 3.8) is 0 Å². The van der Waals surface area contributed by atoms with Gasteiger partial charge in [-0.15, -0.1) is 0 Å². The van der Waals surface area contributed by atoms with E-state index in [2.05, 4.69) is 12.2 Å². The first-order valence-electron chi connectivity index (χ1n) is 10.3. The van der Waals surface area contributed by atoms with Gasteiger partial charge in [-0.3, -0.25) is 4.79 Å². The zero-order valence-corrected chi connectivity index (χ0v) is 18.4. The van der Waals surface area contributed by atoms with Crippen LogP contribution >= 0.6 is 11.6 Å². The minimum Gasteiger partial charge on any atom is -0.490 e. The van der Waals surface area contributed by atoms with Gasteiger partial charge in [0, 0.05) is 5.02 Å². The van der Waals surface area contributed by atoms with Gasteiger partial charge in [-0.05, 0) is 74.4 Å². The summed E-state index contributed by atoms with van der Waals surface area (Å²) in [5.41, 5.74) is 1.77. The van der Waals surface area contributed by atoms with Gasteiger partial charge in [0.1, 0.15) is 5.75 Å². The van der Waals surface area contributed by atoms with Gasteiger partial charge in [0.25, 0.3) is 5.91 Å². The third-order valence-electron chi connectivity index (χ3n) is 5.62. The Kier molecular flexibility index (Phi) is 7.38. The molecule has 1 aliphatic rings. The van der Waals surface area contributed by atoms with Crippen LogP contribution in [0.2, 0.25) is 5.02 Å². The molecule has 0 saturated heterocycles. The lowest BCUT2D eigenvalue weighted by Gasteiger charge is -2.27. The van der Waals surface area contributed by atoms with Crippen molar-refractivity contribution in [3.8, 4) is 5.75 Å². The zero-order chi connectivity index (χ0) is 21.7. The van der Waals surface area contributed by atoms with Crippen molar-refractivity contribution >= 4 is 23.5 Å². The van der Waals surface area contributed by atoms with Crippen LogP contribution in [0.1, 0.15) is 71.9 Å². The lowest BCUT2D eigenvalue weighted by molar-refractivity contribution is 0.0600. The van der Waals surface area contributed by atoms with Gasteiger partial charge < -0.3 is 14.8 Å². The molecular weight excluding hydrogens is 402 g/mol. The molecule has 0 heterocycles. The maximum absolute atomic E-state index is 13.0. The van der Waals surface area contributed by atoms with E-state index in [9.17, 15) is 9.59 Å². The molecule has 1 atom stereocenters. The third-order valence-corrected chi connectivity index (χ3v) is 5.86. The lowest BCUT2D eigenvalue weighted by atomic mass is 9.89. The summed E-state index contributed by atoms with van der Waals surface area (Å²) in [5, 5.41) is 3.48. The first-order valence-corrected chi connectivity index (χ1v) is 10.7. The first kappa shape index (κ1) is 22.2. The number of hydrogen-bond donors (Lipinski definition) is 1. The lowest BCUT2D eigenvalue weighted by Crippen LogP contribution is -2.28. The van der Waals surface area contributed by atoms with E-state index in [1.54, 1.807) is 42.5 Å². The fourth-order valence-corrected chi connectivity index (χ4v) is 3.86. The van der Waals surface area contributed by atoms with Crippen molar-refractivity contribution in [2.45, 2.75) is 51.7 Å². The Morgan fingerprint density at radius 1 is 1.07 bits per heavy atom. The van der Waals surface area contributed by atoms with Gasteiger partial charge in [0.2, 0.25) is 0 Å². The van der Waals surface area contributed by atoms with E-state index in [1.807, 2.05) is 6.92 Å². The number of ether oxygens (including phenoxy) is 2. The molecule has 0 spiro atoms. The predicted octanol–water partition coefficient (Wildman–Crippen LogP) is 5.58. The summed E-state index contributed by atoms with van der Waals surface area (Å²) in [4.78, 5) is 24.6. The summed E-state index contributed by atoms with van der Waals surface area (Å²) < 4.78 is 10.9. The number of benzene rings is 2. The van der Waals surface area contributed by atoms with E-state index >= 15 is 0 Å². The van der Waals surface area contributed by atoms with E-state index < -0.39 is 5.97 Å². The molecule has 0 aliphatic heterocycles. The van der Waals surface area contributed by atoms with Gasteiger partial charge in [-0.1, -0.05) is 30.7 Å². The minimum absolute atomic E-state index is 0.122. The van der Waals surface area contributed by atoms with E-state index in [-0.39, 0.29) is 18.1 Å². The standard InChI is InChI=1S/C24H28ClNO4/c1-15-4-11-20(12-5-15)30-22-13-10-19(25)14-21(22)23(27)26-16(2)17-6-8-18(9-7-17)24(28)29-3/h6-10,13-16,20H,4-5,11-12H2,1-3H3,(H,26,27)/t15?,16-,20?/m0/s1. The maximum atomic E-state index is 13.0. The van der Waals surface area contributed by atoms with Gasteiger partial charge in [0.05, 0.1) is 30.4 Å². The van der Waals surface area contributed by atoms with E-state index in [1.165, 1.54) is 7.11 Å². The Hall–Kier alpha value is -2.53. The Balaban J connectivity index is 1.71. The number of hydrogen-bond acceptors (Lipinski definition) is 4. The van der Waals surface area contributed by atoms with Crippen molar-refractivity contribution in [1.29, 1.82) is 0 Å². The Bertz CT molecular complexity index is 889. The molecule has 1 amide bonds. The highest BCUT2D eigenvalue weighted by molar-refractivity contribution is 6.31. The zero-order valence-electron chi connectivity index (χ0n) is 17.6. The Morgan fingerprint density at radius 3 is 2.37 bits per heavy atom. The molecule has 1 saturated carbocycles. The number of rotatable bonds is 6. The number of halogens is 1. The van der Waals surface area contributed by atoms with Gasteiger partial charge in [-0.2, -0.15) is 0 Å². The van der Waals surface area contributed by atoms with E-state index in [4.69, 9.17) is 21.1 Å². The molecule has 2 aromatic rings. The monoisotopic (exact) mass is 429 g/mol. The second-order valence-corrected chi connectivity index (χ2v) is 8.39. The predicted molar refractivity (Wildman–Crippen MR) is 117 cm³/mol. The normalized spacial score (nSPS) is 19.6. The number of carbonyl (C=O) groups excluding carboxylic acids is 2. The molecule has 0 bridgehead atoms. The molecule has 30 heavy (non-hydrogen) atoms. The number of esters is 1. The summed E-state index contributed by atoms with van der Waals surface area (Å²) in [5.74, 6) is 0.645. The second-order valence-electron chi connectivity index (χ2n) is 7.95. The van der Waals surface area contributed by atoms with Crippen molar-refractivity contribution in [3.05, 3.63) is 64.2 Å². The van der Waals surface area contributed by atoms with Gasteiger partial charge >= 0.3 is 5.97 Å². The highest BCUT2D eigenvalue weighted by Gasteiger charge is 2.23. The quantitative estimate of drug-likeness (QED) is 0.609. The van der Waals surface area contributed by atoms with Crippen molar-refractivity contribution in [2.24, 2.45) is 5.92 Å². The molecule has 1 N–H and O–H groups in total. The van der Waals surface area contributed by atoms with Crippen LogP contribution in [-0.4, -0.2) is 25.1 Å². The van der Waals surface area contributed by atoms with Gasteiger partial charge in [0.15, 0.2) is 0 Å². The number of carbonyl (C=O) groups is 2. The molecule has 160 valence electrons. The van der Waals surface area contributed by atoms with Crippen molar-refractivity contribution in [2.75, 3.05) is 7.11 Å². The SMILES string of the molecule is COC(=O)c1ccc([C@H](C)NC(=O)c2cc(Cl)ccc2OC2CCC(C)CC2)cc1. The number of nitrogens with one attached hydrogen (secondary N) is 1. The summed E-state index contributed by atoms with van der Waals surface area (Å²) >= 11 is 6.16. The molecule has 2 aromatic carbocycles. The van der Waals surface area contributed by atoms with Crippen LogP contribution in [-0.2, 0) is 4.74 Å². The maximum Gasteiger partial charge on any atom is 0.337 e. The Labute approximate surface area is 182 Å². The van der Waals surface area contributed by atoms with Crippen LogP contribution in [0.4, 0.5) is 0 Å². The average molecular weight is 430 g/mol. The third kappa shape index (κ3) is 5.54. The average Bonchev–Trinajstić information content (AvgIpc) is 2.76. The van der Waals surface area contributed by atoms with Crippen LogP contribution in [0.15, 0.2) is 42.5 Å². The highest BCUT2D eigenvalue weighted by Crippen LogP contribution is 2.30. The van der Waals surface area contributed by atoms with Crippen molar-refractivity contribution < 1.29 is 19.1 Å². The summed E-state index contributed by atoms with van der Waals surface area (Å²) in [6.07, 6.45) is 4.38. The summed E-state index contributed by atoms with van der Waals surface area (Å²) in [6, 6.07) is 11.9.